The maximum atomic E-state index is 12.0. The van der Waals surface area contributed by atoms with Gasteiger partial charge < -0.3 is 14.0 Å². The third-order valence-corrected chi connectivity index (χ3v) is 9.05. The van der Waals surface area contributed by atoms with Gasteiger partial charge in [-0.2, -0.15) is 0 Å². The summed E-state index contributed by atoms with van der Waals surface area (Å²) in [5, 5.41) is 0. The first-order valence-electron chi connectivity index (χ1n) is 15.9. The van der Waals surface area contributed by atoms with Crippen LogP contribution in [-0.2, 0) is 55.5 Å². The number of fused-ring (bicyclic) bond motifs is 2. The lowest BCUT2D eigenvalue weighted by Crippen LogP contribution is -2.18. The number of ketones is 2. The summed E-state index contributed by atoms with van der Waals surface area (Å²) < 4.78 is 14.6. The Morgan fingerprint density at radius 1 is 0.729 bits per heavy atom. The second-order valence-corrected chi connectivity index (χ2v) is 13.1. The zero-order chi connectivity index (χ0) is 33.6. The van der Waals surface area contributed by atoms with Crippen LogP contribution in [0.15, 0.2) is 94.8 Å². The zero-order valence-corrected chi connectivity index (χ0v) is 28.6. The van der Waals surface area contributed by atoms with Crippen LogP contribution in [-0.4, -0.2) is 26.1 Å². The predicted octanol–water partition coefficient (Wildman–Crippen LogP) is 6.87. The summed E-state index contributed by atoms with van der Waals surface area (Å²) >= 11 is 3.51. The molecule has 8 nitrogen and oxygen atoms in total. The van der Waals surface area contributed by atoms with Gasteiger partial charge in [-0.15, -0.1) is 0 Å². The Kier molecular flexibility index (Phi) is 10.3. The molecule has 2 aliphatic rings. The fourth-order valence-corrected chi connectivity index (χ4v) is 6.57. The van der Waals surface area contributed by atoms with E-state index >= 15 is 0 Å². The minimum Gasteiger partial charge on any atom is -0.489 e. The fraction of sp³-hybridized carbons (Fsp3) is 0.256. The summed E-state index contributed by atoms with van der Waals surface area (Å²) in [5.74, 6) is 2.05. The number of carbonyl (C=O) groups is 2. The molecule has 0 fully saturated rings. The predicted molar refractivity (Wildman–Crippen MR) is 187 cm³/mol. The van der Waals surface area contributed by atoms with E-state index in [1.165, 1.54) is 5.56 Å². The first kappa shape index (κ1) is 33.0. The smallest absolute Gasteiger partial charge is 0.253 e. The molecule has 244 valence electrons. The van der Waals surface area contributed by atoms with Gasteiger partial charge in [0.1, 0.15) is 36.3 Å². The van der Waals surface area contributed by atoms with Crippen LogP contribution in [0.25, 0.3) is 11.1 Å². The second kappa shape index (κ2) is 14.9. The van der Waals surface area contributed by atoms with E-state index in [1.54, 1.807) is 36.4 Å². The van der Waals surface area contributed by atoms with E-state index in [9.17, 15) is 14.4 Å². The largest absolute Gasteiger partial charge is 0.489 e. The monoisotopic (exact) mass is 705 g/mol. The highest BCUT2D eigenvalue weighted by Gasteiger charge is 2.22. The van der Waals surface area contributed by atoms with Gasteiger partial charge in [0.15, 0.2) is 0 Å². The Morgan fingerprint density at radius 3 is 1.83 bits per heavy atom. The van der Waals surface area contributed by atoms with Crippen molar-refractivity contribution in [2.24, 2.45) is 7.05 Å². The molecule has 48 heavy (non-hydrogen) atoms. The van der Waals surface area contributed by atoms with Crippen LogP contribution in [0.3, 0.4) is 0 Å². The lowest BCUT2D eigenvalue weighted by atomic mass is 9.87. The Morgan fingerprint density at radius 2 is 1.29 bits per heavy atom. The van der Waals surface area contributed by atoms with Gasteiger partial charge in [0.25, 0.3) is 5.56 Å². The molecule has 9 heteroatoms. The third kappa shape index (κ3) is 7.97. The maximum Gasteiger partial charge on any atom is 0.253 e. The van der Waals surface area contributed by atoms with Gasteiger partial charge in [0.05, 0.1) is 0 Å². The number of benzene rings is 2. The number of aromatic nitrogens is 3. The van der Waals surface area contributed by atoms with E-state index in [0.717, 1.165) is 67.8 Å². The quantitative estimate of drug-likeness (QED) is 0.182. The molecule has 0 saturated heterocycles. The van der Waals surface area contributed by atoms with Gasteiger partial charge in [0.2, 0.25) is 0 Å². The Balaban J connectivity index is 0.000000177. The standard InChI is InChI=1S/C23H22N2O3.C16H14BrNO2/c1-15-8-19(13-25(2)23(15)27)18-9-17-5-6-20(26)11-21(17)22(10-18)28-14-16-4-3-7-24-12-16;17-13-6-12-3-4-14(19)8-15(12)16(7-13)20-10-11-2-1-5-18-9-11/h3-4,7-10,12-13H,5-6,11,14H2,1-2H3;1-2,5-7,9H,3-4,8,10H2. The maximum absolute atomic E-state index is 12.0. The summed E-state index contributed by atoms with van der Waals surface area (Å²) in [5.41, 5.74) is 9.01. The van der Waals surface area contributed by atoms with Crippen LogP contribution in [0, 0.1) is 6.92 Å². The molecule has 0 unspecified atom stereocenters. The molecule has 3 heterocycles. The van der Waals surface area contributed by atoms with Crippen molar-refractivity contribution in [2.45, 2.75) is 58.7 Å². The summed E-state index contributed by atoms with van der Waals surface area (Å²) in [4.78, 5) is 43.9. The van der Waals surface area contributed by atoms with Crippen LogP contribution in [0.5, 0.6) is 11.5 Å². The molecule has 5 aromatic rings. The lowest BCUT2D eigenvalue weighted by Gasteiger charge is -2.21. The highest BCUT2D eigenvalue weighted by molar-refractivity contribution is 9.10. The van der Waals surface area contributed by atoms with Crippen molar-refractivity contribution in [1.29, 1.82) is 0 Å². The Labute approximate surface area is 287 Å². The molecule has 0 spiro atoms. The highest BCUT2D eigenvalue weighted by Crippen LogP contribution is 2.35. The van der Waals surface area contributed by atoms with Crippen molar-refractivity contribution in [3.8, 4) is 22.6 Å². The molecule has 0 amide bonds. The number of hydrogen-bond donors (Lipinski definition) is 0. The normalized spacial score (nSPS) is 13.6. The van der Waals surface area contributed by atoms with Crippen molar-refractivity contribution < 1.29 is 19.1 Å². The molecule has 0 saturated carbocycles. The van der Waals surface area contributed by atoms with E-state index in [4.69, 9.17) is 9.47 Å². The number of ether oxygens (including phenoxy) is 2. The number of pyridine rings is 3. The Hall–Kier alpha value is -4.89. The van der Waals surface area contributed by atoms with E-state index in [0.29, 0.717) is 44.5 Å². The average Bonchev–Trinajstić information content (AvgIpc) is 3.09. The topological polar surface area (TPSA) is 100 Å². The van der Waals surface area contributed by atoms with Crippen LogP contribution in [0.1, 0.15) is 51.8 Å². The third-order valence-electron chi connectivity index (χ3n) is 8.59. The van der Waals surface area contributed by atoms with Gasteiger partial charge in [-0.25, -0.2) is 0 Å². The van der Waals surface area contributed by atoms with Gasteiger partial charge in [-0.1, -0.05) is 34.1 Å². The van der Waals surface area contributed by atoms with Crippen molar-refractivity contribution >= 4 is 27.5 Å². The lowest BCUT2D eigenvalue weighted by molar-refractivity contribution is -0.119. The fourth-order valence-electron chi connectivity index (χ4n) is 6.08. The van der Waals surface area contributed by atoms with Gasteiger partial charge in [-0.3, -0.25) is 24.4 Å². The minimum atomic E-state index is 0.000331. The van der Waals surface area contributed by atoms with Crippen molar-refractivity contribution in [2.75, 3.05) is 0 Å². The number of rotatable bonds is 7. The molecule has 0 radical (unpaired) electrons. The van der Waals surface area contributed by atoms with E-state index in [2.05, 4.69) is 38.0 Å². The van der Waals surface area contributed by atoms with Crippen LogP contribution < -0.4 is 15.0 Å². The average molecular weight is 707 g/mol. The number of Topliss-reactive ketones (excluding diaryl/α,β-unsaturated/α-hetero) is 2. The number of halogens is 1. The molecule has 7 rings (SSSR count). The SMILES string of the molecule is Cc1cc(-c2cc3c(c(OCc4cccnc4)c2)CC(=O)CC3)cn(C)c1=O.O=C1CCc2cc(Br)cc(OCc3cccnc3)c2C1. The molecule has 0 atom stereocenters. The summed E-state index contributed by atoms with van der Waals surface area (Å²) in [7, 11) is 1.76. The van der Waals surface area contributed by atoms with E-state index < -0.39 is 0 Å². The van der Waals surface area contributed by atoms with Crippen LogP contribution in [0.2, 0.25) is 0 Å². The van der Waals surface area contributed by atoms with E-state index in [1.807, 2.05) is 55.6 Å². The molecule has 0 bridgehead atoms. The molecular weight excluding hydrogens is 670 g/mol. The number of hydrogen-bond acceptors (Lipinski definition) is 7. The molecular formula is C39H36BrN3O5. The molecule has 2 aliphatic carbocycles. The number of nitrogens with zero attached hydrogens (tertiary/aromatic N) is 3. The van der Waals surface area contributed by atoms with Gasteiger partial charge in [-0.05, 0) is 78.4 Å². The van der Waals surface area contributed by atoms with E-state index in [-0.39, 0.29) is 17.1 Å². The molecule has 0 N–H and O–H groups in total. The molecule has 0 aliphatic heterocycles. The summed E-state index contributed by atoms with van der Waals surface area (Å²) in [6, 6.07) is 17.7. The number of aryl methyl sites for hydroxylation is 4. The van der Waals surface area contributed by atoms with Gasteiger partial charge in [0, 0.05) is 96.0 Å². The summed E-state index contributed by atoms with van der Waals surface area (Å²) in [6.07, 6.45) is 12.5. The van der Waals surface area contributed by atoms with Crippen LogP contribution in [0.4, 0.5) is 0 Å². The van der Waals surface area contributed by atoms with Crippen molar-refractivity contribution in [3.05, 3.63) is 139 Å². The first-order chi connectivity index (χ1) is 23.2. The number of carbonyl (C=O) groups excluding carboxylic acids is 2. The highest BCUT2D eigenvalue weighted by atomic mass is 79.9. The molecule has 2 aromatic carbocycles. The minimum absolute atomic E-state index is 0.000331. The second-order valence-electron chi connectivity index (χ2n) is 12.2. The zero-order valence-electron chi connectivity index (χ0n) is 27.0. The molecule has 3 aromatic heterocycles. The Bertz CT molecular complexity index is 2000. The summed E-state index contributed by atoms with van der Waals surface area (Å²) in [6.45, 7) is 2.68. The van der Waals surface area contributed by atoms with Crippen LogP contribution >= 0.6 is 15.9 Å². The van der Waals surface area contributed by atoms with Crippen molar-refractivity contribution in [1.82, 2.24) is 14.5 Å². The first-order valence-corrected chi connectivity index (χ1v) is 16.7. The van der Waals surface area contributed by atoms with Gasteiger partial charge >= 0.3 is 0 Å². The van der Waals surface area contributed by atoms with Crippen molar-refractivity contribution in [3.63, 3.8) is 0 Å².